The molecule has 21 heavy (non-hydrogen) atoms. The van der Waals surface area contributed by atoms with Crippen LogP contribution in [0.1, 0.15) is 5.56 Å². The molecule has 0 radical (unpaired) electrons. The molecular formula is C14H10BrN3O3. The number of hydrogen-bond donors (Lipinski definition) is 1. The van der Waals surface area contributed by atoms with Crippen molar-refractivity contribution in [1.82, 2.24) is 9.97 Å². The van der Waals surface area contributed by atoms with Crippen LogP contribution in [0.25, 0.3) is 11.1 Å². The second-order valence-electron chi connectivity index (χ2n) is 4.20. The van der Waals surface area contributed by atoms with E-state index in [0.29, 0.717) is 17.7 Å². The third-order valence-electron chi connectivity index (χ3n) is 2.72. The Bertz CT molecular complexity index is 818. The molecule has 0 unspecified atom stereocenters. The van der Waals surface area contributed by atoms with Crippen molar-refractivity contribution < 1.29 is 9.25 Å². The Morgan fingerprint density at radius 1 is 1.24 bits per heavy atom. The van der Waals surface area contributed by atoms with Gasteiger partial charge >= 0.3 is 5.76 Å². The number of nitrogens with zero attached hydrogens (tertiary/aromatic N) is 2. The van der Waals surface area contributed by atoms with Crippen LogP contribution in [0.4, 0.5) is 5.82 Å². The van der Waals surface area contributed by atoms with Gasteiger partial charge in [-0.15, -0.1) is 0 Å². The number of pyridine rings is 1. The van der Waals surface area contributed by atoms with Crippen LogP contribution in [0.15, 0.2) is 56.3 Å². The molecule has 0 saturated heterocycles. The lowest BCUT2D eigenvalue weighted by Gasteiger charge is -2.07. The molecule has 2 heterocycles. The highest BCUT2D eigenvalue weighted by Crippen LogP contribution is 2.16. The van der Waals surface area contributed by atoms with Crippen molar-refractivity contribution in [3.8, 4) is 0 Å². The van der Waals surface area contributed by atoms with Crippen molar-refractivity contribution in [2.45, 2.75) is 6.61 Å². The first-order chi connectivity index (χ1) is 10.2. The fourth-order valence-corrected chi connectivity index (χ4v) is 2.02. The van der Waals surface area contributed by atoms with E-state index >= 15 is 0 Å². The lowest BCUT2D eigenvalue weighted by molar-refractivity contribution is 0.179. The van der Waals surface area contributed by atoms with Crippen LogP contribution in [0.2, 0.25) is 0 Å². The van der Waals surface area contributed by atoms with Crippen LogP contribution >= 0.6 is 15.9 Å². The summed E-state index contributed by atoms with van der Waals surface area (Å²) in [6.45, 7) is 0.323. The molecule has 0 aliphatic heterocycles. The Morgan fingerprint density at radius 3 is 2.86 bits per heavy atom. The summed E-state index contributed by atoms with van der Waals surface area (Å²) in [6, 6.07) is 11.0. The maximum absolute atomic E-state index is 11.4. The summed E-state index contributed by atoms with van der Waals surface area (Å²) in [6.07, 6.45) is 1.59. The third kappa shape index (κ3) is 3.26. The standard InChI is InChI=1S/C14H10BrN3O3/c15-10-5-3-9(4-6-10)8-20-18-13-12-11(2-1-7-16-12)21-14(19)17-13/h1-7H,8H2,(H,17,18,19). The molecule has 106 valence electrons. The first kappa shape index (κ1) is 13.7. The molecule has 1 N–H and O–H groups in total. The normalized spacial score (nSPS) is 10.7. The van der Waals surface area contributed by atoms with Gasteiger partial charge in [0.2, 0.25) is 0 Å². The number of fused-ring (bicyclic) bond motifs is 1. The van der Waals surface area contributed by atoms with Crippen LogP contribution in [-0.4, -0.2) is 9.97 Å². The van der Waals surface area contributed by atoms with Crippen molar-refractivity contribution in [1.29, 1.82) is 0 Å². The Hall–Kier alpha value is -2.25. The average molecular weight is 348 g/mol. The lowest BCUT2D eigenvalue weighted by Crippen LogP contribution is -2.11. The highest BCUT2D eigenvalue weighted by atomic mass is 79.9. The van der Waals surface area contributed by atoms with Crippen LogP contribution in [0.5, 0.6) is 0 Å². The van der Waals surface area contributed by atoms with Gasteiger partial charge < -0.3 is 4.42 Å². The van der Waals surface area contributed by atoms with Crippen molar-refractivity contribution >= 4 is 32.8 Å². The summed E-state index contributed by atoms with van der Waals surface area (Å²) in [5.41, 5.74) is 4.42. The van der Waals surface area contributed by atoms with E-state index in [9.17, 15) is 4.79 Å². The van der Waals surface area contributed by atoms with Gasteiger partial charge in [0.25, 0.3) is 0 Å². The second-order valence-corrected chi connectivity index (χ2v) is 5.11. The minimum Gasteiger partial charge on any atom is -0.406 e. The molecular weight excluding hydrogens is 338 g/mol. The molecule has 6 nitrogen and oxygen atoms in total. The van der Waals surface area contributed by atoms with Crippen molar-refractivity contribution in [2.24, 2.45) is 0 Å². The highest BCUT2D eigenvalue weighted by Gasteiger charge is 2.07. The molecule has 0 saturated carbocycles. The lowest BCUT2D eigenvalue weighted by atomic mass is 10.2. The zero-order chi connectivity index (χ0) is 14.7. The molecule has 7 heteroatoms. The zero-order valence-electron chi connectivity index (χ0n) is 10.7. The molecule has 0 atom stereocenters. The molecule has 1 aromatic carbocycles. The molecule has 0 fully saturated rings. The molecule has 0 amide bonds. The van der Waals surface area contributed by atoms with Gasteiger partial charge in [0, 0.05) is 10.7 Å². The minimum atomic E-state index is -0.703. The van der Waals surface area contributed by atoms with E-state index in [1.807, 2.05) is 24.3 Å². The van der Waals surface area contributed by atoms with E-state index in [2.05, 4.69) is 31.4 Å². The number of halogens is 1. The first-order valence-electron chi connectivity index (χ1n) is 6.10. The molecule has 0 aliphatic rings. The van der Waals surface area contributed by atoms with E-state index in [0.717, 1.165) is 10.0 Å². The number of aromatic nitrogens is 2. The van der Waals surface area contributed by atoms with Crippen LogP contribution in [0.3, 0.4) is 0 Å². The van der Waals surface area contributed by atoms with Gasteiger partial charge in [-0.1, -0.05) is 28.1 Å². The summed E-state index contributed by atoms with van der Waals surface area (Å²) >= 11 is 3.37. The molecule has 0 spiro atoms. The fourth-order valence-electron chi connectivity index (χ4n) is 1.75. The van der Waals surface area contributed by atoms with Crippen LogP contribution in [0, 0.1) is 0 Å². The molecule has 0 aliphatic carbocycles. The number of hydrogen-bond acceptors (Lipinski definition) is 6. The number of rotatable bonds is 4. The van der Waals surface area contributed by atoms with Gasteiger partial charge in [0.1, 0.15) is 0 Å². The third-order valence-corrected chi connectivity index (χ3v) is 3.24. The largest absolute Gasteiger partial charge is 0.441 e. The average Bonchev–Trinajstić information content (AvgIpc) is 2.49. The molecule has 3 rings (SSSR count). The Morgan fingerprint density at radius 2 is 2.05 bits per heavy atom. The van der Waals surface area contributed by atoms with Crippen LogP contribution in [-0.2, 0) is 11.4 Å². The summed E-state index contributed by atoms with van der Waals surface area (Å²) in [4.78, 5) is 24.6. The van der Waals surface area contributed by atoms with Gasteiger partial charge in [-0.2, -0.15) is 4.98 Å². The van der Waals surface area contributed by atoms with Crippen molar-refractivity contribution in [2.75, 3.05) is 5.48 Å². The predicted octanol–water partition coefficient (Wildman–Crippen LogP) is 2.89. The summed E-state index contributed by atoms with van der Waals surface area (Å²) in [7, 11) is 0. The van der Waals surface area contributed by atoms with Crippen molar-refractivity contribution in [3.05, 3.63) is 63.2 Å². The zero-order valence-corrected chi connectivity index (χ0v) is 12.3. The Labute approximate surface area is 127 Å². The second kappa shape index (κ2) is 6.02. The molecule has 0 bridgehead atoms. The van der Waals surface area contributed by atoms with Gasteiger partial charge in [0.15, 0.2) is 16.9 Å². The van der Waals surface area contributed by atoms with Gasteiger partial charge in [0.05, 0.1) is 6.61 Å². The molecule has 3 aromatic rings. The van der Waals surface area contributed by atoms with Gasteiger partial charge in [-0.25, -0.2) is 15.3 Å². The van der Waals surface area contributed by atoms with E-state index in [1.165, 1.54) is 0 Å². The predicted molar refractivity (Wildman–Crippen MR) is 80.6 cm³/mol. The van der Waals surface area contributed by atoms with Gasteiger partial charge in [-0.3, -0.25) is 4.84 Å². The van der Waals surface area contributed by atoms with Gasteiger partial charge in [-0.05, 0) is 29.8 Å². The summed E-state index contributed by atoms with van der Waals surface area (Å²) in [5, 5.41) is 0. The summed E-state index contributed by atoms with van der Waals surface area (Å²) < 4.78 is 5.95. The SMILES string of the molecule is O=c1nc(NOCc2ccc(Br)cc2)c2ncccc2o1. The Balaban J connectivity index is 1.76. The number of nitrogens with one attached hydrogen (secondary N) is 1. The maximum Gasteiger partial charge on any atom is 0.441 e. The van der Waals surface area contributed by atoms with E-state index in [4.69, 9.17) is 9.25 Å². The van der Waals surface area contributed by atoms with E-state index in [1.54, 1.807) is 18.3 Å². The maximum atomic E-state index is 11.4. The smallest absolute Gasteiger partial charge is 0.406 e. The minimum absolute atomic E-state index is 0.235. The monoisotopic (exact) mass is 347 g/mol. The first-order valence-corrected chi connectivity index (χ1v) is 6.90. The van der Waals surface area contributed by atoms with E-state index < -0.39 is 5.76 Å². The van der Waals surface area contributed by atoms with Crippen molar-refractivity contribution in [3.63, 3.8) is 0 Å². The highest BCUT2D eigenvalue weighted by molar-refractivity contribution is 9.10. The Kier molecular flexibility index (Phi) is 3.94. The van der Waals surface area contributed by atoms with Crippen LogP contribution < -0.4 is 11.2 Å². The molecule has 2 aromatic heterocycles. The van der Waals surface area contributed by atoms with E-state index in [-0.39, 0.29) is 5.82 Å². The summed E-state index contributed by atoms with van der Waals surface area (Å²) in [5.74, 6) is -0.468. The topological polar surface area (TPSA) is 77.2 Å². The fraction of sp³-hybridized carbons (Fsp3) is 0.0714. The number of anilines is 1. The quantitative estimate of drug-likeness (QED) is 0.731. The number of benzene rings is 1.